The molecule has 0 fully saturated rings. The lowest BCUT2D eigenvalue weighted by Gasteiger charge is -2.14. The third kappa shape index (κ3) is 4.11. The number of carbonyl (C=O) groups is 1. The van der Waals surface area contributed by atoms with Crippen LogP contribution in [0.4, 0.5) is 0 Å². The molecule has 0 saturated carbocycles. The molecule has 26 heavy (non-hydrogen) atoms. The first-order valence-corrected chi connectivity index (χ1v) is 9.50. The van der Waals surface area contributed by atoms with Gasteiger partial charge in [-0.2, -0.15) is 0 Å². The Kier molecular flexibility index (Phi) is 6.00. The minimum atomic E-state index is -0.417. The van der Waals surface area contributed by atoms with E-state index in [1.165, 1.54) is 11.8 Å². The summed E-state index contributed by atoms with van der Waals surface area (Å²) in [5.41, 5.74) is 0.782. The summed E-state index contributed by atoms with van der Waals surface area (Å²) in [6.07, 6.45) is 1.17. The average Bonchev–Trinajstić information content (AvgIpc) is 3.29. The average molecular weight is 392 g/mol. The molecule has 0 aliphatic heterocycles. The summed E-state index contributed by atoms with van der Waals surface area (Å²) in [7, 11) is 0. The highest BCUT2D eigenvalue weighted by Crippen LogP contribution is 2.27. The van der Waals surface area contributed by atoms with E-state index in [1.807, 2.05) is 35.8 Å². The zero-order valence-electron chi connectivity index (χ0n) is 14.4. The molecule has 2 aromatic heterocycles. The van der Waals surface area contributed by atoms with Gasteiger partial charge in [0.2, 0.25) is 0 Å². The number of rotatable bonds is 7. The van der Waals surface area contributed by atoms with Crippen LogP contribution in [-0.4, -0.2) is 26.5 Å². The van der Waals surface area contributed by atoms with Crippen molar-refractivity contribution in [3.8, 4) is 11.6 Å². The number of hydrogen-bond acceptors (Lipinski definition) is 6. The molecular formula is C18H18ClN3O3S. The van der Waals surface area contributed by atoms with Gasteiger partial charge < -0.3 is 9.15 Å². The van der Waals surface area contributed by atoms with Crippen molar-refractivity contribution in [2.24, 2.45) is 0 Å². The molecule has 0 unspecified atom stereocenters. The first-order valence-electron chi connectivity index (χ1n) is 8.14. The quantitative estimate of drug-likeness (QED) is 0.432. The molecule has 0 aliphatic carbocycles. The lowest BCUT2D eigenvalue weighted by atomic mass is 10.1. The first kappa shape index (κ1) is 18.5. The van der Waals surface area contributed by atoms with E-state index in [1.54, 1.807) is 25.3 Å². The highest BCUT2D eigenvalue weighted by molar-refractivity contribution is 7.99. The maximum Gasteiger partial charge on any atom is 0.316 e. The molecule has 6 nitrogen and oxygen atoms in total. The van der Waals surface area contributed by atoms with Crippen molar-refractivity contribution in [2.75, 3.05) is 5.75 Å². The van der Waals surface area contributed by atoms with Gasteiger partial charge in [0, 0.05) is 17.1 Å². The van der Waals surface area contributed by atoms with Crippen LogP contribution in [0.5, 0.6) is 0 Å². The van der Waals surface area contributed by atoms with Gasteiger partial charge in [0.05, 0.1) is 12.0 Å². The van der Waals surface area contributed by atoms with Crippen molar-refractivity contribution in [1.29, 1.82) is 0 Å². The van der Waals surface area contributed by atoms with E-state index in [0.717, 1.165) is 5.56 Å². The fourth-order valence-corrected chi connectivity index (χ4v) is 3.57. The minimum Gasteiger partial charge on any atom is -0.461 e. The Morgan fingerprint density at radius 3 is 2.81 bits per heavy atom. The summed E-state index contributed by atoms with van der Waals surface area (Å²) in [4.78, 5) is 12.2. The van der Waals surface area contributed by atoms with E-state index in [9.17, 15) is 4.79 Å². The predicted octanol–water partition coefficient (Wildman–Crippen LogP) is 4.61. The van der Waals surface area contributed by atoms with Gasteiger partial charge in [0.25, 0.3) is 0 Å². The molecule has 2 heterocycles. The number of carbonyl (C=O) groups excluding carboxylic acids is 1. The van der Waals surface area contributed by atoms with Gasteiger partial charge in [-0.1, -0.05) is 41.6 Å². The Hall–Kier alpha value is -2.25. The summed E-state index contributed by atoms with van der Waals surface area (Å²) < 4.78 is 12.7. The lowest BCUT2D eigenvalue weighted by molar-refractivity contribution is -0.145. The number of esters is 1. The highest BCUT2D eigenvalue weighted by atomic mass is 35.5. The molecule has 1 atom stereocenters. The number of aromatic nitrogens is 3. The van der Waals surface area contributed by atoms with Gasteiger partial charge in [-0.3, -0.25) is 9.36 Å². The number of ether oxygens (including phenoxy) is 1. The molecule has 0 aliphatic rings. The van der Waals surface area contributed by atoms with Crippen LogP contribution < -0.4 is 0 Å². The molecule has 136 valence electrons. The van der Waals surface area contributed by atoms with Crippen LogP contribution in [0.2, 0.25) is 5.02 Å². The smallest absolute Gasteiger partial charge is 0.316 e. The largest absolute Gasteiger partial charge is 0.461 e. The molecule has 0 amide bonds. The predicted molar refractivity (Wildman–Crippen MR) is 100 cm³/mol. The zero-order chi connectivity index (χ0) is 18.5. The summed E-state index contributed by atoms with van der Waals surface area (Å²) in [6.45, 7) is 4.45. The molecule has 0 N–H and O–H groups in total. The van der Waals surface area contributed by atoms with Crippen molar-refractivity contribution >= 4 is 29.3 Å². The number of furan rings is 1. The Labute approximate surface area is 160 Å². The molecule has 0 bridgehead atoms. The minimum absolute atomic E-state index is 0.130. The zero-order valence-corrected chi connectivity index (χ0v) is 16.0. The van der Waals surface area contributed by atoms with E-state index in [0.29, 0.717) is 28.3 Å². The Morgan fingerprint density at radius 1 is 1.31 bits per heavy atom. The Morgan fingerprint density at radius 2 is 2.12 bits per heavy atom. The van der Waals surface area contributed by atoms with Gasteiger partial charge in [0.1, 0.15) is 6.10 Å². The maximum atomic E-state index is 12.2. The van der Waals surface area contributed by atoms with Gasteiger partial charge in [-0.15, -0.1) is 10.2 Å². The van der Waals surface area contributed by atoms with Crippen molar-refractivity contribution in [3.63, 3.8) is 0 Å². The van der Waals surface area contributed by atoms with Gasteiger partial charge in [-0.05, 0) is 32.0 Å². The number of thioether (sulfide) groups is 1. The van der Waals surface area contributed by atoms with E-state index in [-0.39, 0.29) is 11.7 Å². The van der Waals surface area contributed by atoms with Crippen molar-refractivity contribution in [3.05, 3.63) is 53.2 Å². The third-order valence-corrected chi connectivity index (χ3v) is 5.03. The summed E-state index contributed by atoms with van der Waals surface area (Å²) in [5.74, 6) is 1.07. The third-order valence-electron chi connectivity index (χ3n) is 3.75. The normalized spacial score (nSPS) is 12.1. The van der Waals surface area contributed by atoms with Crippen molar-refractivity contribution < 1.29 is 13.9 Å². The molecule has 0 spiro atoms. The number of benzene rings is 1. The highest BCUT2D eigenvalue weighted by Gasteiger charge is 2.18. The second-order valence-electron chi connectivity index (χ2n) is 5.47. The fraction of sp³-hybridized carbons (Fsp3) is 0.278. The molecule has 0 saturated heterocycles. The van der Waals surface area contributed by atoms with Crippen molar-refractivity contribution in [1.82, 2.24) is 14.8 Å². The molecule has 3 rings (SSSR count). The van der Waals surface area contributed by atoms with Crippen LogP contribution in [0.15, 0.2) is 52.2 Å². The fourth-order valence-electron chi connectivity index (χ4n) is 2.49. The second kappa shape index (κ2) is 8.42. The summed E-state index contributed by atoms with van der Waals surface area (Å²) >= 11 is 7.42. The molecular weight excluding hydrogens is 374 g/mol. The van der Waals surface area contributed by atoms with Crippen molar-refractivity contribution in [2.45, 2.75) is 31.7 Å². The standard InChI is InChI=1S/C18H18ClN3O3S/c1-3-22-17(15-9-6-10-24-15)20-21-18(22)26-11-16(23)25-12(2)13-7-4-5-8-14(13)19/h4-10,12H,3,11H2,1-2H3/t12-/m1/s1. The van der Waals surface area contributed by atoms with Crippen LogP contribution in [0, 0.1) is 0 Å². The van der Waals surface area contributed by atoms with Gasteiger partial charge >= 0.3 is 5.97 Å². The molecule has 1 aromatic carbocycles. The molecule has 0 radical (unpaired) electrons. The lowest BCUT2D eigenvalue weighted by Crippen LogP contribution is -2.12. The number of nitrogens with zero attached hydrogens (tertiary/aromatic N) is 3. The number of halogens is 1. The van der Waals surface area contributed by atoms with Crippen LogP contribution in [0.3, 0.4) is 0 Å². The van der Waals surface area contributed by atoms with Gasteiger partial charge in [0.15, 0.2) is 16.7 Å². The van der Waals surface area contributed by atoms with E-state index >= 15 is 0 Å². The molecule has 3 aromatic rings. The Bertz CT molecular complexity index is 880. The summed E-state index contributed by atoms with van der Waals surface area (Å²) in [5, 5.41) is 9.53. The van der Waals surface area contributed by atoms with E-state index < -0.39 is 6.10 Å². The summed E-state index contributed by atoms with van der Waals surface area (Å²) in [6, 6.07) is 10.9. The van der Waals surface area contributed by atoms with Crippen LogP contribution in [0.1, 0.15) is 25.5 Å². The SMILES string of the molecule is CCn1c(SCC(=O)O[C@H](C)c2ccccc2Cl)nnc1-c1ccco1. The van der Waals surface area contributed by atoms with Gasteiger partial charge in [-0.25, -0.2) is 0 Å². The van der Waals surface area contributed by atoms with Crippen LogP contribution in [0.25, 0.3) is 11.6 Å². The topological polar surface area (TPSA) is 70.2 Å². The second-order valence-corrected chi connectivity index (χ2v) is 6.82. The van der Waals surface area contributed by atoms with E-state index in [4.69, 9.17) is 20.8 Å². The van der Waals surface area contributed by atoms with Crippen LogP contribution in [-0.2, 0) is 16.1 Å². The molecule has 8 heteroatoms. The first-order chi connectivity index (χ1) is 12.6. The van der Waals surface area contributed by atoms with E-state index in [2.05, 4.69) is 10.2 Å². The Balaban J connectivity index is 1.62. The van der Waals surface area contributed by atoms with Crippen LogP contribution >= 0.6 is 23.4 Å². The maximum absolute atomic E-state index is 12.2. The monoisotopic (exact) mass is 391 g/mol. The number of hydrogen-bond donors (Lipinski definition) is 0.